The molecule has 0 unspecified atom stereocenters. The molecule has 0 saturated carbocycles. The average Bonchev–Trinajstić information content (AvgIpc) is 2.18. The molecule has 1 aromatic carbocycles. The Morgan fingerprint density at radius 2 is 2.12 bits per heavy atom. The minimum atomic E-state index is -3.49. The monoisotopic (exact) mass is 276 g/mol. The molecule has 2 N–H and O–H groups in total. The quantitative estimate of drug-likeness (QED) is 0.495. The number of hydrogen-bond donors (Lipinski definition) is 1. The zero-order valence-corrected chi connectivity index (χ0v) is 10.8. The Morgan fingerprint density at radius 1 is 1.47 bits per heavy atom. The molecule has 0 atom stereocenters. The van der Waals surface area contributed by atoms with Crippen LogP contribution in [0, 0.1) is 17.0 Å². The molecule has 0 heterocycles. The summed E-state index contributed by atoms with van der Waals surface area (Å²) in [5.74, 6) is 0.126. The van der Waals surface area contributed by atoms with E-state index in [9.17, 15) is 18.5 Å². The molecule has 0 aliphatic carbocycles. The van der Waals surface area contributed by atoms with E-state index in [0.29, 0.717) is 4.90 Å². The van der Waals surface area contributed by atoms with E-state index < -0.39 is 14.9 Å². The van der Waals surface area contributed by atoms with Crippen LogP contribution in [-0.2, 0) is 10.0 Å². The van der Waals surface area contributed by atoms with Crippen molar-refractivity contribution in [3.8, 4) is 0 Å². The van der Waals surface area contributed by atoms with Gasteiger partial charge in [-0.25, -0.2) is 13.6 Å². The molecule has 0 aliphatic rings. The van der Waals surface area contributed by atoms with Gasteiger partial charge in [-0.15, -0.1) is 11.8 Å². The maximum atomic E-state index is 10.7. The third-order valence-corrected chi connectivity index (χ3v) is 4.20. The second kappa shape index (κ2) is 5.48. The van der Waals surface area contributed by atoms with E-state index in [1.807, 2.05) is 6.92 Å². The fraction of sp³-hybridized carbons (Fsp3) is 0.333. The summed E-state index contributed by atoms with van der Waals surface area (Å²) in [6.45, 7) is 1.81. The number of nitrogens with two attached hydrogens (primary N) is 1. The Balaban J connectivity index is 2.76. The van der Waals surface area contributed by atoms with E-state index in [-0.39, 0.29) is 17.2 Å². The molecule has 8 heteroatoms. The molecule has 0 aliphatic heterocycles. The molecule has 0 radical (unpaired) electrons. The number of rotatable bonds is 5. The highest BCUT2D eigenvalue weighted by Gasteiger charge is 2.10. The van der Waals surface area contributed by atoms with Gasteiger partial charge in [0, 0.05) is 22.8 Å². The van der Waals surface area contributed by atoms with E-state index >= 15 is 0 Å². The summed E-state index contributed by atoms with van der Waals surface area (Å²) < 4.78 is 21.5. The lowest BCUT2D eigenvalue weighted by Crippen LogP contribution is -2.17. The van der Waals surface area contributed by atoms with Gasteiger partial charge in [-0.1, -0.05) is 6.07 Å². The van der Waals surface area contributed by atoms with Crippen LogP contribution in [0.2, 0.25) is 0 Å². The van der Waals surface area contributed by atoms with Crippen LogP contribution in [0.4, 0.5) is 5.69 Å². The molecule has 0 aromatic heterocycles. The van der Waals surface area contributed by atoms with Gasteiger partial charge in [-0.2, -0.15) is 0 Å². The fourth-order valence-corrected chi connectivity index (χ4v) is 3.11. The van der Waals surface area contributed by atoms with Crippen molar-refractivity contribution in [1.29, 1.82) is 0 Å². The smallest absolute Gasteiger partial charge is 0.258 e. The van der Waals surface area contributed by atoms with Crippen molar-refractivity contribution in [1.82, 2.24) is 0 Å². The highest BCUT2D eigenvalue weighted by Crippen LogP contribution is 2.26. The van der Waals surface area contributed by atoms with Crippen LogP contribution in [0.1, 0.15) is 5.56 Å². The summed E-state index contributed by atoms with van der Waals surface area (Å²) in [5, 5.41) is 15.4. The summed E-state index contributed by atoms with van der Waals surface area (Å²) in [5.41, 5.74) is 0.865. The van der Waals surface area contributed by atoms with E-state index in [2.05, 4.69) is 0 Å². The van der Waals surface area contributed by atoms with Gasteiger partial charge in [0.05, 0.1) is 10.7 Å². The number of sulfonamides is 1. The first-order chi connectivity index (χ1) is 7.79. The number of nitro groups is 1. The number of nitrogens with zero attached hydrogens (tertiary/aromatic N) is 1. The van der Waals surface area contributed by atoms with Crippen molar-refractivity contribution < 1.29 is 13.3 Å². The van der Waals surface area contributed by atoms with Crippen LogP contribution in [0.25, 0.3) is 0 Å². The summed E-state index contributed by atoms with van der Waals surface area (Å²) in [4.78, 5) is 10.8. The van der Waals surface area contributed by atoms with Crippen molar-refractivity contribution in [3.05, 3.63) is 33.9 Å². The standard InChI is InChI=1S/C9H12N2O4S2/c1-7-2-3-8(11(12)13)6-9(7)16-4-5-17(10,14)15/h2-3,6H,4-5H2,1H3,(H2,10,14,15). The SMILES string of the molecule is Cc1ccc([N+](=O)[O-])cc1SCCS(N)(=O)=O. The third-order valence-electron chi connectivity index (χ3n) is 2.01. The Hall–Kier alpha value is -1.12. The number of aryl methyl sites for hydroxylation is 1. The third kappa shape index (κ3) is 4.72. The van der Waals surface area contributed by atoms with E-state index in [1.54, 1.807) is 6.07 Å². The highest BCUT2D eigenvalue weighted by atomic mass is 32.2. The zero-order chi connectivity index (χ0) is 13.1. The lowest BCUT2D eigenvalue weighted by molar-refractivity contribution is -0.385. The van der Waals surface area contributed by atoms with Crippen LogP contribution in [0.3, 0.4) is 0 Å². The summed E-state index contributed by atoms with van der Waals surface area (Å²) >= 11 is 1.24. The van der Waals surface area contributed by atoms with Gasteiger partial charge in [-0.3, -0.25) is 10.1 Å². The largest absolute Gasteiger partial charge is 0.270 e. The van der Waals surface area contributed by atoms with Crippen LogP contribution in [-0.4, -0.2) is 24.8 Å². The molecule has 0 amide bonds. The lowest BCUT2D eigenvalue weighted by Gasteiger charge is -2.04. The highest BCUT2D eigenvalue weighted by molar-refractivity contribution is 8.00. The minimum absolute atomic E-state index is 0.00583. The van der Waals surface area contributed by atoms with Gasteiger partial charge in [0.1, 0.15) is 0 Å². The molecule has 0 saturated heterocycles. The number of nitro benzene ring substituents is 1. The van der Waals surface area contributed by atoms with Gasteiger partial charge < -0.3 is 0 Å². The Labute approximate surface area is 103 Å². The number of benzene rings is 1. The molecule has 1 rings (SSSR count). The van der Waals surface area contributed by atoms with Crippen molar-refractivity contribution in [2.45, 2.75) is 11.8 Å². The van der Waals surface area contributed by atoms with Gasteiger partial charge in [0.15, 0.2) is 0 Å². The molecule has 0 bridgehead atoms. The maximum absolute atomic E-state index is 10.7. The van der Waals surface area contributed by atoms with Crippen molar-refractivity contribution >= 4 is 27.5 Å². The van der Waals surface area contributed by atoms with Gasteiger partial charge in [-0.05, 0) is 12.5 Å². The normalized spacial score (nSPS) is 11.4. The van der Waals surface area contributed by atoms with Gasteiger partial charge in [0.2, 0.25) is 10.0 Å². The molecule has 17 heavy (non-hydrogen) atoms. The van der Waals surface area contributed by atoms with Crippen LogP contribution < -0.4 is 5.14 Å². The van der Waals surface area contributed by atoms with E-state index in [0.717, 1.165) is 5.56 Å². The number of hydrogen-bond acceptors (Lipinski definition) is 5. The summed E-state index contributed by atoms with van der Waals surface area (Å²) in [6, 6.07) is 4.49. The van der Waals surface area contributed by atoms with E-state index in [4.69, 9.17) is 5.14 Å². The Morgan fingerprint density at radius 3 is 2.65 bits per heavy atom. The molecule has 6 nitrogen and oxygen atoms in total. The second-order valence-electron chi connectivity index (χ2n) is 3.42. The van der Waals surface area contributed by atoms with Crippen molar-refractivity contribution in [2.24, 2.45) is 5.14 Å². The summed E-state index contributed by atoms with van der Waals surface area (Å²) in [7, 11) is -3.49. The van der Waals surface area contributed by atoms with Gasteiger partial charge >= 0.3 is 0 Å². The fourth-order valence-electron chi connectivity index (χ4n) is 1.13. The minimum Gasteiger partial charge on any atom is -0.258 e. The molecule has 0 fully saturated rings. The molecular formula is C9H12N2O4S2. The predicted octanol–water partition coefficient (Wildman–Crippen LogP) is 1.28. The van der Waals surface area contributed by atoms with E-state index in [1.165, 1.54) is 23.9 Å². The Kier molecular flexibility index (Phi) is 4.49. The van der Waals surface area contributed by atoms with Crippen molar-refractivity contribution in [2.75, 3.05) is 11.5 Å². The zero-order valence-electron chi connectivity index (χ0n) is 9.12. The molecule has 94 valence electrons. The lowest BCUT2D eigenvalue weighted by atomic mass is 10.2. The van der Waals surface area contributed by atoms with Crippen LogP contribution in [0.15, 0.2) is 23.1 Å². The number of thioether (sulfide) groups is 1. The maximum Gasteiger partial charge on any atom is 0.270 e. The number of primary sulfonamides is 1. The topological polar surface area (TPSA) is 103 Å². The van der Waals surface area contributed by atoms with Crippen molar-refractivity contribution in [3.63, 3.8) is 0 Å². The first kappa shape index (κ1) is 13.9. The van der Waals surface area contributed by atoms with Gasteiger partial charge in [0.25, 0.3) is 5.69 Å². The Bertz CT molecular complexity index is 528. The molecule has 1 aromatic rings. The first-order valence-corrected chi connectivity index (χ1v) is 7.38. The van der Waals surface area contributed by atoms with Crippen LogP contribution >= 0.6 is 11.8 Å². The summed E-state index contributed by atoms with van der Waals surface area (Å²) in [6.07, 6.45) is 0. The molecule has 0 spiro atoms. The average molecular weight is 276 g/mol. The second-order valence-corrected chi connectivity index (χ2v) is 6.29. The predicted molar refractivity (Wildman–Crippen MR) is 66.5 cm³/mol. The molecular weight excluding hydrogens is 264 g/mol. The first-order valence-electron chi connectivity index (χ1n) is 4.68. The van der Waals surface area contributed by atoms with Crippen LogP contribution in [0.5, 0.6) is 0 Å². The number of non-ortho nitro benzene ring substituents is 1.